The number of aryl methyl sites for hydroxylation is 1. The highest BCUT2D eigenvalue weighted by molar-refractivity contribution is 5.63. The first-order valence-electron chi connectivity index (χ1n) is 9.22. The van der Waals surface area contributed by atoms with Crippen LogP contribution in [-0.2, 0) is 0 Å². The van der Waals surface area contributed by atoms with E-state index in [1.165, 1.54) is 13.3 Å². The van der Waals surface area contributed by atoms with Crippen LogP contribution < -0.4 is 11.1 Å². The number of pyridine rings is 1. The molecule has 0 amide bonds. The van der Waals surface area contributed by atoms with Crippen molar-refractivity contribution in [2.24, 2.45) is 5.73 Å². The van der Waals surface area contributed by atoms with Crippen LogP contribution >= 0.6 is 0 Å². The summed E-state index contributed by atoms with van der Waals surface area (Å²) in [6.07, 6.45) is 4.79. The monoisotopic (exact) mass is 382 g/mol. The topological polar surface area (TPSA) is 54.2 Å². The molecule has 1 fully saturated rings. The number of nitrogens with two attached hydrogens (primary N) is 1. The van der Waals surface area contributed by atoms with Gasteiger partial charge in [-0.3, -0.25) is 9.88 Å². The molecule has 2 aromatic carbocycles. The van der Waals surface area contributed by atoms with E-state index in [1.54, 1.807) is 6.20 Å². The Bertz CT molecular complexity index is 898. The zero-order valence-corrected chi connectivity index (χ0v) is 15.8. The van der Waals surface area contributed by atoms with Gasteiger partial charge in [-0.25, -0.2) is 8.78 Å². The molecule has 0 spiro atoms. The van der Waals surface area contributed by atoms with Crippen molar-refractivity contribution in [1.82, 2.24) is 9.88 Å². The highest BCUT2D eigenvalue weighted by Gasteiger charge is 2.23. The molecule has 1 aliphatic rings. The number of hydrogen-bond donors (Lipinski definition) is 2. The van der Waals surface area contributed by atoms with Gasteiger partial charge in [-0.2, -0.15) is 0 Å². The zero-order chi connectivity index (χ0) is 19.9. The van der Waals surface area contributed by atoms with Gasteiger partial charge in [0.15, 0.2) is 0 Å². The second-order valence-corrected chi connectivity index (χ2v) is 6.68. The molecule has 4 nitrogen and oxygen atoms in total. The number of aromatic nitrogens is 1. The van der Waals surface area contributed by atoms with Gasteiger partial charge in [-0.15, -0.1) is 0 Å². The maximum absolute atomic E-state index is 12.3. The lowest BCUT2D eigenvalue weighted by Crippen LogP contribution is -2.44. The molecular formula is C22H24F2N4. The van der Waals surface area contributed by atoms with E-state index < -0.39 is 5.82 Å². The van der Waals surface area contributed by atoms with E-state index in [0.29, 0.717) is 5.56 Å². The summed E-state index contributed by atoms with van der Waals surface area (Å²) in [6, 6.07) is 15.5. The highest BCUT2D eigenvalue weighted by atomic mass is 19.1. The molecule has 1 unspecified atom stereocenters. The van der Waals surface area contributed by atoms with Crippen molar-refractivity contribution < 1.29 is 8.78 Å². The van der Waals surface area contributed by atoms with Gasteiger partial charge >= 0.3 is 0 Å². The predicted octanol–water partition coefficient (Wildman–Crippen LogP) is 4.76. The lowest BCUT2D eigenvalue weighted by molar-refractivity contribution is 0.122. The van der Waals surface area contributed by atoms with Gasteiger partial charge < -0.3 is 11.1 Å². The predicted molar refractivity (Wildman–Crippen MR) is 108 cm³/mol. The summed E-state index contributed by atoms with van der Waals surface area (Å²) in [5.41, 5.74) is 9.83. The summed E-state index contributed by atoms with van der Waals surface area (Å²) in [5.74, 6) is -0.759. The molecule has 1 atom stereocenters. The van der Waals surface area contributed by atoms with Gasteiger partial charge in [0.25, 0.3) is 0 Å². The molecule has 1 saturated heterocycles. The lowest BCUT2D eigenvalue weighted by atomic mass is 10.1. The van der Waals surface area contributed by atoms with Crippen molar-refractivity contribution in [2.45, 2.75) is 19.5 Å². The summed E-state index contributed by atoms with van der Waals surface area (Å²) < 4.78 is 24.5. The van der Waals surface area contributed by atoms with Crippen LogP contribution in [0.4, 0.5) is 20.2 Å². The van der Waals surface area contributed by atoms with Crippen molar-refractivity contribution >= 4 is 11.4 Å². The largest absolute Gasteiger partial charge is 0.354 e. The van der Waals surface area contributed by atoms with Gasteiger partial charge in [-0.05, 0) is 55.3 Å². The third kappa shape index (κ3) is 5.12. The van der Waals surface area contributed by atoms with E-state index in [4.69, 9.17) is 5.73 Å². The Morgan fingerprint density at radius 1 is 1.07 bits per heavy atom. The van der Waals surface area contributed by atoms with Crippen molar-refractivity contribution in [3.63, 3.8) is 0 Å². The van der Waals surface area contributed by atoms with Gasteiger partial charge in [0, 0.05) is 30.5 Å². The number of rotatable bonds is 4. The third-order valence-electron chi connectivity index (χ3n) is 4.62. The summed E-state index contributed by atoms with van der Waals surface area (Å²) in [7, 11) is 0. The smallest absolute Gasteiger partial charge is 0.126 e. The average molecular weight is 382 g/mol. The van der Waals surface area contributed by atoms with Gasteiger partial charge in [0.05, 0.1) is 18.1 Å². The molecule has 1 aliphatic heterocycles. The zero-order valence-electron chi connectivity index (χ0n) is 15.8. The Labute approximate surface area is 164 Å². The minimum Gasteiger partial charge on any atom is -0.354 e. The highest BCUT2D eigenvalue weighted by Crippen LogP contribution is 2.28. The van der Waals surface area contributed by atoms with E-state index in [-0.39, 0.29) is 12.0 Å². The molecule has 3 aromatic rings. The van der Waals surface area contributed by atoms with E-state index in [0.717, 1.165) is 48.2 Å². The number of halogens is 2. The second-order valence-electron chi connectivity index (χ2n) is 6.68. The molecule has 0 bridgehead atoms. The standard InChI is InChI=1S/C15H18N4.C7H6F2/c16-15(19-9-4-10-19)13-6-1-2-7-14(13)18-12-5-3-8-17-11-12;1-5-4-6(8)2-3-7(5)9/h1-3,5-8,11,15,18H,4,9-10,16H2;2-4H,1H3. The maximum atomic E-state index is 12.3. The molecule has 0 radical (unpaired) electrons. The quantitative estimate of drug-likeness (QED) is 0.683. The van der Waals surface area contributed by atoms with Crippen LogP contribution in [0.3, 0.4) is 0 Å². The number of nitrogens with one attached hydrogen (secondary N) is 1. The Hall–Kier alpha value is -2.83. The molecular weight excluding hydrogens is 358 g/mol. The van der Waals surface area contributed by atoms with Crippen LogP contribution in [-0.4, -0.2) is 23.0 Å². The number of nitrogens with zero attached hydrogens (tertiary/aromatic N) is 2. The molecule has 0 saturated carbocycles. The molecule has 2 heterocycles. The van der Waals surface area contributed by atoms with Crippen molar-refractivity contribution in [3.8, 4) is 0 Å². The van der Waals surface area contributed by atoms with E-state index in [9.17, 15) is 8.78 Å². The van der Waals surface area contributed by atoms with Crippen LogP contribution in [0.1, 0.15) is 23.7 Å². The Balaban J connectivity index is 0.000000211. The Kier molecular flexibility index (Phi) is 6.68. The number of hydrogen-bond acceptors (Lipinski definition) is 4. The minimum atomic E-state index is -0.395. The maximum Gasteiger partial charge on any atom is 0.126 e. The van der Waals surface area contributed by atoms with Gasteiger partial charge in [0.2, 0.25) is 0 Å². The normalized spacial score (nSPS) is 14.4. The van der Waals surface area contributed by atoms with E-state index in [1.807, 2.05) is 30.5 Å². The summed E-state index contributed by atoms with van der Waals surface area (Å²) in [4.78, 5) is 6.40. The number of benzene rings is 2. The van der Waals surface area contributed by atoms with Gasteiger partial charge in [-0.1, -0.05) is 18.2 Å². The Morgan fingerprint density at radius 3 is 2.46 bits per heavy atom. The molecule has 4 rings (SSSR count). The molecule has 0 aliphatic carbocycles. The first kappa shape index (κ1) is 19.9. The number of para-hydroxylation sites is 1. The first-order valence-corrected chi connectivity index (χ1v) is 9.22. The molecule has 3 N–H and O–H groups in total. The van der Waals surface area contributed by atoms with E-state index >= 15 is 0 Å². The fraction of sp³-hybridized carbons (Fsp3) is 0.227. The summed E-state index contributed by atoms with van der Waals surface area (Å²) in [6.45, 7) is 3.70. The van der Waals surface area contributed by atoms with Crippen LogP contribution in [0.2, 0.25) is 0 Å². The van der Waals surface area contributed by atoms with Crippen LogP contribution in [0.5, 0.6) is 0 Å². The Morgan fingerprint density at radius 2 is 1.86 bits per heavy atom. The third-order valence-corrected chi connectivity index (χ3v) is 4.62. The molecule has 146 valence electrons. The SMILES string of the molecule is Cc1cc(F)ccc1F.NC(c1ccccc1Nc1cccnc1)N1CCC1. The fourth-order valence-electron chi connectivity index (χ4n) is 2.88. The second kappa shape index (κ2) is 9.39. The van der Waals surface area contributed by atoms with Crippen LogP contribution in [0, 0.1) is 18.6 Å². The van der Waals surface area contributed by atoms with Crippen LogP contribution in [0.15, 0.2) is 67.0 Å². The molecule has 28 heavy (non-hydrogen) atoms. The van der Waals surface area contributed by atoms with Crippen molar-refractivity contribution in [1.29, 1.82) is 0 Å². The minimum absolute atomic E-state index is 0.0332. The first-order chi connectivity index (χ1) is 13.5. The van der Waals surface area contributed by atoms with Gasteiger partial charge in [0.1, 0.15) is 11.6 Å². The summed E-state index contributed by atoms with van der Waals surface area (Å²) >= 11 is 0. The van der Waals surface area contributed by atoms with Crippen molar-refractivity contribution in [3.05, 3.63) is 89.8 Å². The van der Waals surface area contributed by atoms with Crippen LogP contribution in [0.25, 0.3) is 0 Å². The lowest BCUT2D eigenvalue weighted by Gasteiger charge is -2.37. The summed E-state index contributed by atoms with van der Waals surface area (Å²) in [5, 5.41) is 3.39. The number of anilines is 2. The molecule has 6 heteroatoms. The van der Waals surface area contributed by atoms with Crippen molar-refractivity contribution in [2.75, 3.05) is 18.4 Å². The molecule has 1 aromatic heterocycles. The average Bonchev–Trinajstić information content (AvgIpc) is 2.65. The van der Waals surface area contributed by atoms with E-state index in [2.05, 4.69) is 27.3 Å². The fourth-order valence-corrected chi connectivity index (χ4v) is 2.88. The number of likely N-dealkylation sites (tertiary alicyclic amines) is 1.